The van der Waals surface area contributed by atoms with E-state index >= 15 is 0 Å². The lowest BCUT2D eigenvalue weighted by Crippen LogP contribution is -2.11. The van der Waals surface area contributed by atoms with Crippen molar-refractivity contribution in [1.29, 1.82) is 0 Å². The topological polar surface area (TPSA) is 63.2 Å². The minimum absolute atomic E-state index is 0.0668. The van der Waals surface area contributed by atoms with Gasteiger partial charge in [-0.1, -0.05) is 0 Å². The molecule has 2 aromatic rings. The molecule has 0 saturated heterocycles. The standard InChI is InChI=1S/C15H19N3O2S/c1-10(2)20-15-13(5-4-7-16-15)17-9-14-12(6-8-21-14)18-11(3)19/h4-8,10,17H,9H2,1-3H3,(H,18,19). The number of carbonyl (C=O) groups is 1. The zero-order chi connectivity index (χ0) is 15.2. The summed E-state index contributed by atoms with van der Waals surface area (Å²) in [7, 11) is 0. The van der Waals surface area contributed by atoms with E-state index in [0.29, 0.717) is 12.4 Å². The molecule has 0 unspecified atom stereocenters. The van der Waals surface area contributed by atoms with Crippen molar-refractivity contribution < 1.29 is 9.53 Å². The maximum absolute atomic E-state index is 11.2. The molecule has 0 bridgehead atoms. The van der Waals surface area contributed by atoms with Crippen LogP contribution in [0.2, 0.25) is 0 Å². The van der Waals surface area contributed by atoms with Crippen LogP contribution in [0.5, 0.6) is 5.88 Å². The summed E-state index contributed by atoms with van der Waals surface area (Å²) in [5, 5.41) is 8.08. The number of carbonyl (C=O) groups excluding carboxylic acids is 1. The summed E-state index contributed by atoms with van der Waals surface area (Å²) in [6.45, 7) is 6.04. The highest BCUT2D eigenvalue weighted by Crippen LogP contribution is 2.26. The molecule has 0 saturated carbocycles. The van der Waals surface area contributed by atoms with Crippen molar-refractivity contribution in [2.24, 2.45) is 0 Å². The minimum Gasteiger partial charge on any atom is -0.473 e. The van der Waals surface area contributed by atoms with Crippen molar-refractivity contribution in [2.45, 2.75) is 33.4 Å². The van der Waals surface area contributed by atoms with Gasteiger partial charge < -0.3 is 15.4 Å². The van der Waals surface area contributed by atoms with Crippen molar-refractivity contribution >= 4 is 28.6 Å². The summed E-state index contributed by atoms with van der Waals surface area (Å²) >= 11 is 1.59. The highest BCUT2D eigenvalue weighted by Gasteiger charge is 2.09. The van der Waals surface area contributed by atoms with E-state index in [1.807, 2.05) is 37.4 Å². The van der Waals surface area contributed by atoms with Gasteiger partial charge in [0.25, 0.3) is 0 Å². The maximum Gasteiger partial charge on any atom is 0.237 e. The van der Waals surface area contributed by atoms with Gasteiger partial charge in [0.1, 0.15) is 0 Å². The Morgan fingerprint density at radius 1 is 1.38 bits per heavy atom. The van der Waals surface area contributed by atoms with Gasteiger partial charge in [0.2, 0.25) is 11.8 Å². The number of anilines is 2. The smallest absolute Gasteiger partial charge is 0.237 e. The Labute approximate surface area is 128 Å². The number of rotatable bonds is 6. The highest BCUT2D eigenvalue weighted by molar-refractivity contribution is 7.10. The lowest BCUT2D eigenvalue weighted by atomic mass is 10.3. The van der Waals surface area contributed by atoms with Crippen LogP contribution < -0.4 is 15.4 Å². The number of aromatic nitrogens is 1. The van der Waals surface area contributed by atoms with Crippen molar-refractivity contribution in [3.05, 3.63) is 34.7 Å². The van der Waals surface area contributed by atoms with Crippen molar-refractivity contribution in [2.75, 3.05) is 10.6 Å². The van der Waals surface area contributed by atoms with E-state index < -0.39 is 0 Å². The molecule has 5 nitrogen and oxygen atoms in total. The lowest BCUT2D eigenvalue weighted by molar-refractivity contribution is -0.114. The molecule has 0 aromatic carbocycles. The molecule has 0 aliphatic rings. The van der Waals surface area contributed by atoms with Crippen LogP contribution in [0.3, 0.4) is 0 Å². The van der Waals surface area contributed by atoms with Crippen LogP contribution in [0.15, 0.2) is 29.8 Å². The first-order chi connectivity index (χ1) is 10.1. The molecule has 0 aliphatic heterocycles. The number of nitrogens with one attached hydrogen (secondary N) is 2. The van der Waals surface area contributed by atoms with Crippen LogP contribution in [-0.4, -0.2) is 17.0 Å². The van der Waals surface area contributed by atoms with Gasteiger partial charge >= 0.3 is 0 Å². The SMILES string of the molecule is CC(=O)Nc1ccsc1CNc1cccnc1OC(C)C. The van der Waals surface area contributed by atoms with Gasteiger partial charge in [-0.3, -0.25) is 4.79 Å². The van der Waals surface area contributed by atoms with Crippen molar-refractivity contribution in [3.8, 4) is 5.88 Å². The predicted molar refractivity (Wildman–Crippen MR) is 86.0 cm³/mol. The average Bonchev–Trinajstić information content (AvgIpc) is 2.83. The Kier molecular flexibility index (Phi) is 5.16. The van der Waals surface area contributed by atoms with Crippen LogP contribution >= 0.6 is 11.3 Å². The molecule has 2 N–H and O–H groups in total. The molecule has 0 spiro atoms. The molecule has 112 valence electrons. The van der Waals surface area contributed by atoms with E-state index in [2.05, 4.69) is 15.6 Å². The number of hydrogen-bond acceptors (Lipinski definition) is 5. The monoisotopic (exact) mass is 305 g/mol. The number of thiophene rings is 1. The normalized spacial score (nSPS) is 10.5. The molecule has 21 heavy (non-hydrogen) atoms. The molecule has 6 heteroatoms. The number of ether oxygens (including phenoxy) is 1. The summed E-state index contributed by atoms with van der Waals surface area (Å²) in [5.41, 5.74) is 1.68. The van der Waals surface area contributed by atoms with E-state index in [9.17, 15) is 4.79 Å². The van der Waals surface area contributed by atoms with E-state index in [0.717, 1.165) is 16.3 Å². The zero-order valence-electron chi connectivity index (χ0n) is 12.3. The van der Waals surface area contributed by atoms with Crippen LogP contribution in [0.4, 0.5) is 11.4 Å². The zero-order valence-corrected chi connectivity index (χ0v) is 13.2. The molecule has 0 radical (unpaired) electrons. The fraction of sp³-hybridized carbons (Fsp3) is 0.333. The summed E-state index contributed by atoms with van der Waals surface area (Å²) in [4.78, 5) is 16.5. The Bertz CT molecular complexity index is 610. The summed E-state index contributed by atoms with van der Waals surface area (Å²) in [6, 6.07) is 5.69. The summed E-state index contributed by atoms with van der Waals surface area (Å²) < 4.78 is 5.67. The van der Waals surface area contributed by atoms with E-state index in [4.69, 9.17) is 4.74 Å². The first-order valence-corrected chi connectivity index (χ1v) is 7.63. The predicted octanol–water partition coefficient (Wildman–Crippen LogP) is 3.50. The Morgan fingerprint density at radius 3 is 2.90 bits per heavy atom. The van der Waals surface area contributed by atoms with Gasteiger partial charge in [0.05, 0.1) is 24.0 Å². The van der Waals surface area contributed by atoms with Crippen LogP contribution in [-0.2, 0) is 11.3 Å². The third-order valence-electron chi connectivity index (χ3n) is 2.61. The first-order valence-electron chi connectivity index (χ1n) is 6.75. The summed E-state index contributed by atoms with van der Waals surface area (Å²) in [6.07, 6.45) is 1.77. The Hall–Kier alpha value is -2.08. The average molecular weight is 305 g/mol. The minimum atomic E-state index is -0.0696. The molecule has 0 aliphatic carbocycles. The highest BCUT2D eigenvalue weighted by atomic mass is 32.1. The molecular formula is C15H19N3O2S. The second-order valence-corrected chi connectivity index (χ2v) is 5.82. The van der Waals surface area contributed by atoms with E-state index in [-0.39, 0.29) is 12.0 Å². The Balaban J connectivity index is 2.06. The van der Waals surface area contributed by atoms with Gasteiger partial charge in [-0.05, 0) is 37.4 Å². The molecule has 2 heterocycles. The number of pyridine rings is 1. The molecule has 0 fully saturated rings. The Morgan fingerprint density at radius 2 is 2.19 bits per heavy atom. The first kappa shape index (κ1) is 15.3. The quantitative estimate of drug-likeness (QED) is 0.857. The molecule has 2 aromatic heterocycles. The van der Waals surface area contributed by atoms with Crippen LogP contribution in [0, 0.1) is 0 Å². The molecule has 1 amide bonds. The van der Waals surface area contributed by atoms with Gasteiger partial charge in [-0.2, -0.15) is 0 Å². The molecular weight excluding hydrogens is 286 g/mol. The van der Waals surface area contributed by atoms with Gasteiger partial charge in [0, 0.05) is 18.0 Å². The van der Waals surface area contributed by atoms with Crippen molar-refractivity contribution in [3.63, 3.8) is 0 Å². The largest absolute Gasteiger partial charge is 0.473 e. The number of amides is 1. The molecule has 2 rings (SSSR count). The van der Waals surface area contributed by atoms with Gasteiger partial charge in [0.15, 0.2) is 0 Å². The van der Waals surface area contributed by atoms with Crippen molar-refractivity contribution in [1.82, 2.24) is 4.98 Å². The number of nitrogens with zero attached hydrogens (tertiary/aromatic N) is 1. The van der Waals surface area contributed by atoms with Gasteiger partial charge in [-0.25, -0.2) is 4.98 Å². The van der Waals surface area contributed by atoms with Crippen LogP contribution in [0.1, 0.15) is 25.6 Å². The molecule has 0 atom stereocenters. The van der Waals surface area contributed by atoms with Crippen LogP contribution in [0.25, 0.3) is 0 Å². The third kappa shape index (κ3) is 4.46. The third-order valence-corrected chi connectivity index (χ3v) is 3.53. The fourth-order valence-electron chi connectivity index (χ4n) is 1.80. The van der Waals surface area contributed by atoms with E-state index in [1.165, 1.54) is 6.92 Å². The lowest BCUT2D eigenvalue weighted by Gasteiger charge is -2.14. The van der Waals surface area contributed by atoms with Gasteiger partial charge in [-0.15, -0.1) is 11.3 Å². The summed E-state index contributed by atoms with van der Waals surface area (Å²) in [5.74, 6) is 0.519. The number of hydrogen-bond donors (Lipinski definition) is 2. The second-order valence-electron chi connectivity index (χ2n) is 4.81. The van der Waals surface area contributed by atoms with E-state index in [1.54, 1.807) is 17.5 Å². The second kappa shape index (κ2) is 7.08. The maximum atomic E-state index is 11.2. The fourth-order valence-corrected chi connectivity index (χ4v) is 2.57.